The lowest BCUT2D eigenvalue weighted by atomic mass is 10.2. The Kier molecular flexibility index (Phi) is 3.82. The number of carbonyl (C=O) groups excluding carboxylic acids is 1. The zero-order chi connectivity index (χ0) is 15.9. The molecule has 2 aromatic carbocycles. The maximum absolute atomic E-state index is 12.1. The first-order chi connectivity index (χ1) is 10.4. The Balaban J connectivity index is 1.89. The summed E-state index contributed by atoms with van der Waals surface area (Å²) in [6.07, 6.45) is 0. The molecule has 0 aliphatic carbocycles. The largest absolute Gasteiger partial charge is 0.504 e. The van der Waals surface area contributed by atoms with Gasteiger partial charge in [-0.05, 0) is 18.2 Å². The molecule has 1 amide bonds. The van der Waals surface area contributed by atoms with E-state index < -0.39 is 0 Å². The molecule has 3 aromatic rings. The number of carbonyl (C=O) groups is 1. The molecular weight excluding hydrogens is 347 g/mol. The van der Waals surface area contributed by atoms with Crippen LogP contribution in [0, 0.1) is 0 Å². The molecule has 1 aromatic heterocycles. The Morgan fingerprint density at radius 2 is 1.82 bits per heavy atom. The van der Waals surface area contributed by atoms with Crippen molar-refractivity contribution in [2.75, 3.05) is 5.32 Å². The number of phenols is 2. The van der Waals surface area contributed by atoms with Crippen LogP contribution in [0.5, 0.6) is 11.5 Å². The monoisotopic (exact) mass is 354 g/mol. The normalized spacial score (nSPS) is 10.8. The van der Waals surface area contributed by atoms with Crippen molar-refractivity contribution in [2.45, 2.75) is 0 Å². The quantitative estimate of drug-likeness (QED) is 0.600. The van der Waals surface area contributed by atoms with Gasteiger partial charge in [0.05, 0.1) is 20.3 Å². The summed E-state index contributed by atoms with van der Waals surface area (Å²) in [7, 11) is 0. The van der Waals surface area contributed by atoms with Crippen molar-refractivity contribution in [3.8, 4) is 11.5 Å². The summed E-state index contributed by atoms with van der Waals surface area (Å²) in [5, 5.41) is 22.5. The molecule has 0 atom stereocenters. The molecule has 0 radical (unpaired) electrons. The molecule has 0 aliphatic rings. The lowest BCUT2D eigenvalue weighted by Crippen LogP contribution is -2.11. The SMILES string of the molecule is O=C(Nc1nc2cc(O)c(O)cc2s1)c1ccc(Cl)c(Cl)c1. The molecule has 0 unspecified atom stereocenters. The van der Waals surface area contributed by atoms with Gasteiger partial charge >= 0.3 is 0 Å². The van der Waals surface area contributed by atoms with Crippen molar-refractivity contribution in [1.29, 1.82) is 0 Å². The van der Waals surface area contributed by atoms with Crippen LogP contribution in [0.1, 0.15) is 10.4 Å². The number of aromatic nitrogens is 1. The number of thiazole rings is 1. The Morgan fingerprint density at radius 3 is 2.55 bits per heavy atom. The van der Waals surface area contributed by atoms with E-state index in [0.717, 1.165) is 0 Å². The third-order valence-electron chi connectivity index (χ3n) is 2.89. The molecule has 0 fully saturated rings. The van der Waals surface area contributed by atoms with Crippen LogP contribution in [0.3, 0.4) is 0 Å². The summed E-state index contributed by atoms with van der Waals surface area (Å²) in [6.45, 7) is 0. The van der Waals surface area contributed by atoms with Crippen LogP contribution in [0.4, 0.5) is 5.13 Å². The number of rotatable bonds is 2. The van der Waals surface area contributed by atoms with Gasteiger partial charge in [0.15, 0.2) is 16.6 Å². The maximum atomic E-state index is 12.1. The first-order valence-electron chi connectivity index (χ1n) is 6.03. The van der Waals surface area contributed by atoms with Crippen LogP contribution < -0.4 is 5.32 Å². The first kappa shape index (κ1) is 14.9. The predicted molar refractivity (Wildman–Crippen MR) is 87.4 cm³/mol. The molecule has 112 valence electrons. The van der Waals surface area contributed by atoms with Gasteiger partial charge in [0, 0.05) is 17.7 Å². The second-order valence-electron chi connectivity index (χ2n) is 4.41. The number of anilines is 1. The lowest BCUT2D eigenvalue weighted by molar-refractivity contribution is 0.102. The number of phenolic OH excluding ortho intramolecular Hbond substituents is 2. The minimum atomic E-state index is -0.383. The number of fused-ring (bicyclic) bond motifs is 1. The number of aromatic hydroxyl groups is 2. The number of nitrogens with one attached hydrogen (secondary N) is 1. The fourth-order valence-electron chi connectivity index (χ4n) is 1.81. The highest BCUT2D eigenvalue weighted by molar-refractivity contribution is 7.22. The Hall–Kier alpha value is -2.02. The molecule has 0 spiro atoms. The van der Waals surface area contributed by atoms with Crippen molar-refractivity contribution in [3.05, 3.63) is 45.9 Å². The zero-order valence-electron chi connectivity index (χ0n) is 10.8. The van der Waals surface area contributed by atoms with E-state index >= 15 is 0 Å². The number of hydrogen-bond donors (Lipinski definition) is 3. The van der Waals surface area contributed by atoms with Gasteiger partial charge in [-0.15, -0.1) is 0 Å². The molecule has 22 heavy (non-hydrogen) atoms. The lowest BCUT2D eigenvalue weighted by Gasteiger charge is -2.02. The van der Waals surface area contributed by atoms with Gasteiger partial charge in [0.2, 0.25) is 0 Å². The number of benzene rings is 2. The van der Waals surface area contributed by atoms with E-state index in [9.17, 15) is 15.0 Å². The van der Waals surface area contributed by atoms with Gasteiger partial charge in [-0.2, -0.15) is 0 Å². The summed E-state index contributed by atoms with van der Waals surface area (Å²) < 4.78 is 0.639. The minimum absolute atomic E-state index is 0.237. The molecule has 3 rings (SSSR count). The minimum Gasteiger partial charge on any atom is -0.504 e. The third-order valence-corrected chi connectivity index (χ3v) is 4.56. The van der Waals surface area contributed by atoms with Crippen molar-refractivity contribution >= 4 is 55.8 Å². The van der Waals surface area contributed by atoms with Crippen LogP contribution >= 0.6 is 34.5 Å². The van der Waals surface area contributed by atoms with Crippen LogP contribution in [-0.4, -0.2) is 21.1 Å². The Morgan fingerprint density at radius 1 is 1.09 bits per heavy atom. The van der Waals surface area contributed by atoms with Crippen molar-refractivity contribution in [2.24, 2.45) is 0 Å². The van der Waals surface area contributed by atoms with E-state index in [2.05, 4.69) is 10.3 Å². The molecule has 3 N–H and O–H groups in total. The zero-order valence-corrected chi connectivity index (χ0v) is 13.1. The van der Waals surface area contributed by atoms with Gasteiger partial charge in [0.25, 0.3) is 5.91 Å². The highest BCUT2D eigenvalue weighted by Crippen LogP contribution is 2.35. The fraction of sp³-hybridized carbons (Fsp3) is 0. The van der Waals surface area contributed by atoms with Crippen LogP contribution in [0.2, 0.25) is 10.0 Å². The summed E-state index contributed by atoms with van der Waals surface area (Å²) in [4.78, 5) is 16.3. The van der Waals surface area contributed by atoms with E-state index in [1.165, 1.54) is 35.6 Å². The Labute approximate surface area is 138 Å². The summed E-state index contributed by atoms with van der Waals surface area (Å²) in [5.41, 5.74) is 0.823. The van der Waals surface area contributed by atoms with Crippen LogP contribution in [0.15, 0.2) is 30.3 Å². The molecule has 0 aliphatic heterocycles. The van der Waals surface area contributed by atoms with E-state index in [4.69, 9.17) is 23.2 Å². The molecule has 0 saturated heterocycles. The van der Waals surface area contributed by atoms with E-state index in [1.54, 1.807) is 6.07 Å². The smallest absolute Gasteiger partial charge is 0.257 e. The van der Waals surface area contributed by atoms with Gasteiger partial charge in [0.1, 0.15) is 0 Å². The Bertz CT molecular complexity index is 856. The number of hydrogen-bond acceptors (Lipinski definition) is 5. The first-order valence-corrected chi connectivity index (χ1v) is 7.60. The van der Waals surface area contributed by atoms with Gasteiger partial charge in [-0.3, -0.25) is 10.1 Å². The number of amides is 1. The second kappa shape index (κ2) is 5.64. The highest BCUT2D eigenvalue weighted by Gasteiger charge is 2.13. The van der Waals surface area contributed by atoms with Crippen molar-refractivity contribution in [1.82, 2.24) is 4.98 Å². The number of nitrogens with zero attached hydrogens (tertiary/aromatic N) is 1. The molecule has 0 saturated carbocycles. The van der Waals surface area contributed by atoms with E-state index in [1.807, 2.05) is 0 Å². The summed E-state index contributed by atoms with van der Waals surface area (Å²) >= 11 is 12.9. The number of halogens is 2. The van der Waals surface area contributed by atoms with E-state index in [0.29, 0.717) is 25.9 Å². The predicted octanol–water partition coefficient (Wildman–Crippen LogP) is 4.27. The second-order valence-corrected chi connectivity index (χ2v) is 6.26. The van der Waals surface area contributed by atoms with Crippen molar-refractivity contribution < 1.29 is 15.0 Å². The standard InChI is InChI=1S/C14H8Cl2N2O3S/c15-7-2-1-6(3-8(7)16)13(21)18-14-17-9-4-10(19)11(20)5-12(9)22-14/h1-5,19-20H,(H,17,18,21). The van der Waals surface area contributed by atoms with Crippen molar-refractivity contribution in [3.63, 3.8) is 0 Å². The van der Waals surface area contributed by atoms with Crippen LogP contribution in [0.25, 0.3) is 10.2 Å². The molecule has 0 bridgehead atoms. The average Bonchev–Trinajstić information content (AvgIpc) is 2.83. The fourth-order valence-corrected chi connectivity index (χ4v) is 2.99. The van der Waals surface area contributed by atoms with Gasteiger partial charge in [-0.25, -0.2) is 4.98 Å². The van der Waals surface area contributed by atoms with Gasteiger partial charge in [-0.1, -0.05) is 34.5 Å². The summed E-state index contributed by atoms with van der Waals surface area (Å²) in [6, 6.07) is 7.26. The molecule has 8 heteroatoms. The average molecular weight is 355 g/mol. The molecule has 5 nitrogen and oxygen atoms in total. The third kappa shape index (κ3) is 2.81. The summed E-state index contributed by atoms with van der Waals surface area (Å²) in [5.74, 6) is -0.885. The molecule has 1 heterocycles. The van der Waals surface area contributed by atoms with Crippen LogP contribution in [-0.2, 0) is 0 Å². The molecular formula is C14H8Cl2N2O3S. The maximum Gasteiger partial charge on any atom is 0.257 e. The van der Waals surface area contributed by atoms with E-state index in [-0.39, 0.29) is 22.4 Å². The van der Waals surface area contributed by atoms with Gasteiger partial charge < -0.3 is 10.2 Å². The topological polar surface area (TPSA) is 82.5 Å². The highest BCUT2D eigenvalue weighted by atomic mass is 35.5.